The van der Waals surface area contributed by atoms with Crippen molar-refractivity contribution in [2.45, 2.75) is 38.0 Å². The van der Waals surface area contributed by atoms with Gasteiger partial charge in [-0.1, -0.05) is 12.8 Å². The van der Waals surface area contributed by atoms with Crippen LogP contribution in [0.4, 0.5) is 29.3 Å². The number of carbonyl (C=O) groups is 1. The van der Waals surface area contributed by atoms with Gasteiger partial charge in [-0.2, -0.15) is 0 Å². The van der Waals surface area contributed by atoms with Gasteiger partial charge in [-0.15, -0.1) is 13.2 Å². The fourth-order valence-corrected chi connectivity index (χ4v) is 3.69. The van der Waals surface area contributed by atoms with E-state index in [4.69, 9.17) is 4.74 Å². The molecule has 172 valence electrons. The number of nitrogens with one attached hydrogen (secondary N) is 2. The Bertz CT molecular complexity index is 1100. The Morgan fingerprint density at radius 2 is 1.64 bits per heavy atom. The lowest BCUT2D eigenvalue weighted by Gasteiger charge is -2.16. The van der Waals surface area contributed by atoms with E-state index in [0.717, 1.165) is 43.5 Å². The molecule has 4 rings (SSSR count). The maximum atomic E-state index is 12.4. The Hall–Kier alpha value is -3.82. The van der Waals surface area contributed by atoms with Crippen LogP contribution in [-0.4, -0.2) is 22.4 Å². The van der Waals surface area contributed by atoms with E-state index >= 15 is 0 Å². The van der Waals surface area contributed by atoms with Gasteiger partial charge in [-0.25, -0.2) is 9.78 Å². The summed E-state index contributed by atoms with van der Waals surface area (Å²) in [6.45, 7) is 0. The number of pyridine rings is 2. The summed E-state index contributed by atoms with van der Waals surface area (Å²) in [5.41, 5.74) is 1.48. The van der Waals surface area contributed by atoms with Gasteiger partial charge < -0.3 is 20.1 Å². The first-order valence-electron chi connectivity index (χ1n) is 10.4. The molecule has 0 spiro atoms. The average molecular weight is 458 g/mol. The lowest BCUT2D eigenvalue weighted by molar-refractivity contribution is -0.274. The number of alkyl halides is 3. The molecule has 2 N–H and O–H groups in total. The first kappa shape index (κ1) is 22.4. The summed E-state index contributed by atoms with van der Waals surface area (Å²) >= 11 is 0. The minimum atomic E-state index is -4.78. The molecule has 10 heteroatoms. The molecule has 0 atom stereocenters. The SMILES string of the molecule is O=C(Nc1ccc(OC(F)(F)F)cc1)Nc1cccnc1Oc1cccnc1C1CCCC1. The second-order valence-corrected chi connectivity index (χ2v) is 7.48. The summed E-state index contributed by atoms with van der Waals surface area (Å²) in [7, 11) is 0. The Kier molecular flexibility index (Phi) is 6.62. The minimum absolute atomic E-state index is 0.203. The van der Waals surface area contributed by atoms with E-state index < -0.39 is 12.4 Å². The van der Waals surface area contributed by atoms with Crippen molar-refractivity contribution in [1.82, 2.24) is 9.97 Å². The van der Waals surface area contributed by atoms with E-state index in [-0.39, 0.29) is 17.3 Å². The number of carbonyl (C=O) groups excluding carboxylic acids is 1. The monoisotopic (exact) mass is 458 g/mol. The summed E-state index contributed by atoms with van der Waals surface area (Å²) in [6.07, 6.45) is 2.90. The second-order valence-electron chi connectivity index (χ2n) is 7.48. The van der Waals surface area contributed by atoms with Gasteiger partial charge in [0.05, 0.1) is 5.69 Å². The van der Waals surface area contributed by atoms with E-state index in [2.05, 4.69) is 25.3 Å². The number of hydrogen-bond acceptors (Lipinski definition) is 5. The summed E-state index contributed by atoms with van der Waals surface area (Å²) in [5, 5.41) is 5.20. The van der Waals surface area contributed by atoms with E-state index in [1.807, 2.05) is 6.07 Å². The third-order valence-electron chi connectivity index (χ3n) is 5.11. The molecular weight excluding hydrogens is 437 g/mol. The quantitative estimate of drug-likeness (QED) is 0.442. The van der Waals surface area contributed by atoms with E-state index in [9.17, 15) is 18.0 Å². The number of ether oxygens (including phenoxy) is 2. The standard InChI is InChI=1S/C23H21F3N4O3/c24-23(25,26)33-17-11-9-16(10-12-17)29-22(31)30-18-7-3-14-28-21(18)32-19-8-4-13-27-20(19)15-5-1-2-6-15/h3-4,7-15H,1-2,5-6H2,(H2,29,30,31). The van der Waals surface area contributed by atoms with Gasteiger partial charge in [-0.3, -0.25) is 4.98 Å². The Labute approximate surface area is 188 Å². The van der Waals surface area contributed by atoms with Crippen LogP contribution in [0.2, 0.25) is 0 Å². The van der Waals surface area contributed by atoms with Crippen LogP contribution in [0.5, 0.6) is 17.4 Å². The van der Waals surface area contributed by atoms with Gasteiger partial charge in [0.2, 0.25) is 5.88 Å². The molecular formula is C23H21F3N4O3. The van der Waals surface area contributed by atoms with E-state index in [0.29, 0.717) is 17.4 Å². The zero-order chi connectivity index (χ0) is 23.3. The first-order valence-corrected chi connectivity index (χ1v) is 10.4. The predicted octanol–water partition coefficient (Wildman–Crippen LogP) is 6.47. The molecule has 1 aromatic carbocycles. The van der Waals surface area contributed by atoms with E-state index in [1.165, 1.54) is 12.1 Å². The van der Waals surface area contributed by atoms with Crippen LogP contribution in [0, 0.1) is 0 Å². The highest BCUT2D eigenvalue weighted by molar-refractivity contribution is 6.00. The van der Waals surface area contributed by atoms with Crippen molar-refractivity contribution < 1.29 is 27.4 Å². The third-order valence-corrected chi connectivity index (χ3v) is 5.11. The maximum absolute atomic E-state index is 12.4. The minimum Gasteiger partial charge on any atom is -0.435 e. The predicted molar refractivity (Wildman–Crippen MR) is 116 cm³/mol. The van der Waals surface area contributed by atoms with Crippen LogP contribution in [0.1, 0.15) is 37.3 Å². The summed E-state index contributed by atoms with van der Waals surface area (Å²) < 4.78 is 46.7. The maximum Gasteiger partial charge on any atom is 0.573 e. The lowest BCUT2D eigenvalue weighted by Crippen LogP contribution is -2.20. The molecule has 2 amide bonds. The van der Waals surface area contributed by atoms with Gasteiger partial charge in [0.1, 0.15) is 11.4 Å². The molecule has 2 aromatic heterocycles. The zero-order valence-electron chi connectivity index (χ0n) is 17.4. The number of rotatable bonds is 6. The third kappa shape index (κ3) is 6.12. The van der Waals surface area contributed by atoms with Crippen molar-refractivity contribution in [2.24, 2.45) is 0 Å². The van der Waals surface area contributed by atoms with Crippen LogP contribution in [0.3, 0.4) is 0 Å². The summed E-state index contributed by atoms with van der Waals surface area (Å²) in [5.74, 6) is 0.737. The molecule has 0 aliphatic heterocycles. The lowest BCUT2D eigenvalue weighted by atomic mass is 10.0. The van der Waals surface area contributed by atoms with Crippen LogP contribution >= 0.6 is 0 Å². The van der Waals surface area contributed by atoms with Crippen LogP contribution < -0.4 is 20.1 Å². The number of aromatic nitrogens is 2. The van der Waals surface area contributed by atoms with Crippen LogP contribution in [0.25, 0.3) is 0 Å². The van der Waals surface area contributed by atoms with E-state index in [1.54, 1.807) is 30.6 Å². The molecule has 0 radical (unpaired) electrons. The summed E-state index contributed by atoms with van der Waals surface area (Å²) in [6, 6.07) is 11.1. The number of anilines is 2. The Balaban J connectivity index is 1.44. The molecule has 33 heavy (non-hydrogen) atoms. The fourth-order valence-electron chi connectivity index (χ4n) is 3.69. The van der Waals surface area contributed by atoms with Gasteiger partial charge in [0.15, 0.2) is 5.75 Å². The van der Waals surface area contributed by atoms with Gasteiger partial charge in [-0.05, 0) is 61.4 Å². The molecule has 1 saturated carbocycles. The highest BCUT2D eigenvalue weighted by atomic mass is 19.4. The number of urea groups is 1. The Morgan fingerprint density at radius 3 is 2.36 bits per heavy atom. The number of amides is 2. The van der Waals surface area contributed by atoms with Crippen LogP contribution in [-0.2, 0) is 0 Å². The number of benzene rings is 1. The fraction of sp³-hybridized carbons (Fsp3) is 0.261. The van der Waals surface area contributed by atoms with Gasteiger partial charge in [0.25, 0.3) is 0 Å². The molecule has 0 unspecified atom stereocenters. The largest absolute Gasteiger partial charge is 0.573 e. The smallest absolute Gasteiger partial charge is 0.435 e. The molecule has 1 fully saturated rings. The molecule has 1 aliphatic carbocycles. The molecule has 3 aromatic rings. The molecule has 0 bridgehead atoms. The molecule has 2 heterocycles. The Morgan fingerprint density at radius 1 is 0.939 bits per heavy atom. The van der Waals surface area contributed by atoms with Crippen molar-refractivity contribution in [3.63, 3.8) is 0 Å². The number of halogens is 3. The second kappa shape index (κ2) is 9.76. The van der Waals surface area contributed by atoms with Crippen molar-refractivity contribution in [3.05, 3.63) is 66.6 Å². The topological polar surface area (TPSA) is 85.4 Å². The first-order chi connectivity index (χ1) is 15.9. The van der Waals surface area contributed by atoms with Gasteiger partial charge >= 0.3 is 12.4 Å². The zero-order valence-corrected chi connectivity index (χ0v) is 17.4. The number of hydrogen-bond donors (Lipinski definition) is 2. The number of nitrogens with zero attached hydrogens (tertiary/aromatic N) is 2. The molecule has 7 nitrogen and oxygen atoms in total. The highest BCUT2D eigenvalue weighted by Crippen LogP contribution is 2.39. The normalized spacial score (nSPS) is 14.0. The summed E-state index contributed by atoms with van der Waals surface area (Å²) in [4.78, 5) is 21.2. The molecule has 1 aliphatic rings. The van der Waals surface area contributed by atoms with Crippen molar-refractivity contribution >= 4 is 17.4 Å². The van der Waals surface area contributed by atoms with Crippen LogP contribution in [0.15, 0.2) is 60.9 Å². The van der Waals surface area contributed by atoms with Crippen molar-refractivity contribution in [2.75, 3.05) is 10.6 Å². The van der Waals surface area contributed by atoms with Gasteiger partial charge in [0, 0.05) is 24.0 Å². The molecule has 0 saturated heterocycles. The van der Waals surface area contributed by atoms with Crippen molar-refractivity contribution in [3.8, 4) is 17.4 Å². The highest BCUT2D eigenvalue weighted by Gasteiger charge is 2.31. The van der Waals surface area contributed by atoms with Crippen molar-refractivity contribution in [1.29, 1.82) is 0 Å². The average Bonchev–Trinajstić information content (AvgIpc) is 3.31.